The molecule has 0 aliphatic carbocycles. The summed E-state index contributed by atoms with van der Waals surface area (Å²) < 4.78 is 42.5. The summed E-state index contributed by atoms with van der Waals surface area (Å²) in [5.74, 6) is 0. The summed E-state index contributed by atoms with van der Waals surface area (Å²) in [7, 11) is 0. The van der Waals surface area contributed by atoms with Gasteiger partial charge in [0, 0.05) is 20.6 Å². The van der Waals surface area contributed by atoms with Crippen LogP contribution < -0.4 is 0 Å². The molecule has 1 aliphatic rings. The maximum atomic E-state index is 14.0. The molecular formula is C18H14ClF3INO. The van der Waals surface area contributed by atoms with Gasteiger partial charge < -0.3 is 4.84 Å². The molecular weight excluding hydrogens is 466 g/mol. The zero-order valence-corrected chi connectivity index (χ0v) is 16.3. The highest BCUT2D eigenvalue weighted by molar-refractivity contribution is 14.1. The number of hydrogen-bond donors (Lipinski definition) is 0. The Morgan fingerprint density at radius 2 is 1.84 bits per heavy atom. The molecule has 0 bridgehead atoms. The van der Waals surface area contributed by atoms with Gasteiger partial charge in [0.05, 0.1) is 5.71 Å². The molecule has 2 aromatic rings. The topological polar surface area (TPSA) is 21.6 Å². The summed E-state index contributed by atoms with van der Waals surface area (Å²) in [6, 6.07) is 9.76. The van der Waals surface area contributed by atoms with Crippen molar-refractivity contribution in [2.75, 3.05) is 0 Å². The lowest BCUT2D eigenvalue weighted by Gasteiger charge is -2.29. The monoisotopic (exact) mass is 479 g/mol. The Hall–Kier alpha value is -1.28. The van der Waals surface area contributed by atoms with Gasteiger partial charge in [0.25, 0.3) is 5.60 Å². The molecule has 0 aromatic heterocycles. The van der Waals surface area contributed by atoms with Crippen molar-refractivity contribution >= 4 is 39.9 Å². The molecule has 0 N–H and O–H groups in total. The first-order valence-electron chi connectivity index (χ1n) is 7.48. The molecule has 1 heterocycles. The van der Waals surface area contributed by atoms with Gasteiger partial charge >= 0.3 is 6.18 Å². The second-order valence-electron chi connectivity index (χ2n) is 6.09. The minimum atomic E-state index is -4.63. The number of halogens is 5. The van der Waals surface area contributed by atoms with Crippen molar-refractivity contribution in [3.05, 3.63) is 67.2 Å². The lowest BCUT2D eigenvalue weighted by molar-refractivity contribution is -0.275. The largest absolute Gasteiger partial charge is 0.435 e. The minimum Gasteiger partial charge on any atom is -0.374 e. The quantitative estimate of drug-likeness (QED) is 0.474. The van der Waals surface area contributed by atoms with E-state index < -0.39 is 18.2 Å². The fourth-order valence-electron chi connectivity index (χ4n) is 2.77. The summed E-state index contributed by atoms with van der Waals surface area (Å²) in [4.78, 5) is 5.04. The fourth-order valence-corrected chi connectivity index (χ4v) is 3.86. The van der Waals surface area contributed by atoms with E-state index >= 15 is 0 Å². The van der Waals surface area contributed by atoms with Gasteiger partial charge in [-0.1, -0.05) is 28.9 Å². The number of oxime groups is 1. The molecule has 7 heteroatoms. The van der Waals surface area contributed by atoms with Crippen LogP contribution in [0.4, 0.5) is 13.2 Å². The van der Waals surface area contributed by atoms with Crippen molar-refractivity contribution in [2.24, 2.45) is 5.16 Å². The first-order valence-corrected chi connectivity index (χ1v) is 8.94. The summed E-state index contributed by atoms with van der Waals surface area (Å²) in [6.07, 6.45) is -5.03. The molecule has 3 rings (SSSR count). The number of rotatable bonds is 2. The van der Waals surface area contributed by atoms with Crippen LogP contribution in [0.2, 0.25) is 5.02 Å². The molecule has 0 amide bonds. The molecule has 1 unspecified atom stereocenters. The van der Waals surface area contributed by atoms with Crippen LogP contribution in [0.15, 0.2) is 41.6 Å². The Bertz CT molecular complexity index is 846. The SMILES string of the molecule is Cc1ccc(C2=NOC(c3cc(Cl)cc(I)c3)(C(F)(F)F)C2)cc1C. The summed E-state index contributed by atoms with van der Waals surface area (Å²) >= 11 is 7.90. The van der Waals surface area contributed by atoms with Gasteiger partial charge in [-0.05, 0) is 77.4 Å². The van der Waals surface area contributed by atoms with Gasteiger partial charge in [-0.2, -0.15) is 13.2 Å². The van der Waals surface area contributed by atoms with Crippen LogP contribution in [0.3, 0.4) is 0 Å². The number of alkyl halides is 3. The van der Waals surface area contributed by atoms with E-state index in [9.17, 15) is 13.2 Å². The van der Waals surface area contributed by atoms with Crippen LogP contribution >= 0.6 is 34.2 Å². The van der Waals surface area contributed by atoms with Crippen molar-refractivity contribution in [2.45, 2.75) is 32.0 Å². The highest BCUT2D eigenvalue weighted by atomic mass is 127. The molecule has 25 heavy (non-hydrogen) atoms. The third-order valence-corrected chi connectivity index (χ3v) is 5.20. The third kappa shape index (κ3) is 3.38. The zero-order chi connectivity index (χ0) is 18.4. The van der Waals surface area contributed by atoms with E-state index in [1.54, 1.807) is 12.1 Å². The summed E-state index contributed by atoms with van der Waals surface area (Å²) in [5, 5.41) is 4.01. The van der Waals surface area contributed by atoms with Crippen LogP contribution in [0.5, 0.6) is 0 Å². The zero-order valence-electron chi connectivity index (χ0n) is 13.4. The second-order valence-corrected chi connectivity index (χ2v) is 7.77. The first kappa shape index (κ1) is 18.5. The molecule has 0 spiro atoms. The van der Waals surface area contributed by atoms with Crippen molar-refractivity contribution in [1.82, 2.24) is 0 Å². The van der Waals surface area contributed by atoms with E-state index in [1.807, 2.05) is 48.6 Å². The standard InChI is InChI=1S/C18H14ClF3INO/c1-10-3-4-12(5-11(10)2)16-9-17(25-24-16,18(20,21)22)13-6-14(19)8-15(23)7-13/h3-8H,9H2,1-2H3. The molecule has 2 aromatic carbocycles. The van der Waals surface area contributed by atoms with Gasteiger partial charge in [0.2, 0.25) is 0 Å². The Morgan fingerprint density at radius 3 is 2.44 bits per heavy atom. The number of hydrogen-bond acceptors (Lipinski definition) is 2. The average molecular weight is 480 g/mol. The van der Waals surface area contributed by atoms with Gasteiger partial charge in [-0.3, -0.25) is 0 Å². The van der Waals surface area contributed by atoms with Crippen LogP contribution in [-0.4, -0.2) is 11.9 Å². The third-order valence-electron chi connectivity index (χ3n) is 4.35. The van der Waals surface area contributed by atoms with Gasteiger partial charge in [0.1, 0.15) is 0 Å². The predicted octanol–water partition coefficient (Wildman–Crippen LogP) is 6.14. The van der Waals surface area contributed by atoms with E-state index in [2.05, 4.69) is 5.16 Å². The molecule has 1 atom stereocenters. The normalized spacial score (nSPS) is 20.4. The lowest BCUT2D eigenvalue weighted by atomic mass is 9.86. The average Bonchev–Trinajstić information content (AvgIpc) is 2.95. The lowest BCUT2D eigenvalue weighted by Crippen LogP contribution is -2.42. The van der Waals surface area contributed by atoms with Crippen molar-refractivity contribution in [3.8, 4) is 0 Å². The first-order chi connectivity index (χ1) is 11.6. The smallest absolute Gasteiger partial charge is 0.374 e. The second kappa shape index (κ2) is 6.46. The van der Waals surface area contributed by atoms with Gasteiger partial charge in [-0.25, -0.2) is 0 Å². The van der Waals surface area contributed by atoms with Crippen LogP contribution in [-0.2, 0) is 10.4 Å². The Labute approximate surface area is 162 Å². The van der Waals surface area contributed by atoms with Crippen LogP contribution in [0.1, 0.15) is 28.7 Å². The van der Waals surface area contributed by atoms with E-state index in [0.717, 1.165) is 11.1 Å². The Kier molecular flexibility index (Phi) is 4.79. The van der Waals surface area contributed by atoms with E-state index in [-0.39, 0.29) is 16.3 Å². The maximum Gasteiger partial charge on any atom is 0.435 e. The van der Waals surface area contributed by atoms with Crippen molar-refractivity contribution < 1.29 is 18.0 Å². The molecule has 2 nitrogen and oxygen atoms in total. The predicted molar refractivity (Wildman–Crippen MR) is 100 cm³/mol. The fraction of sp³-hybridized carbons (Fsp3) is 0.278. The molecule has 0 fully saturated rings. The Morgan fingerprint density at radius 1 is 1.12 bits per heavy atom. The van der Waals surface area contributed by atoms with Crippen LogP contribution in [0.25, 0.3) is 0 Å². The van der Waals surface area contributed by atoms with E-state index in [0.29, 0.717) is 9.13 Å². The molecule has 0 saturated heterocycles. The number of nitrogens with zero attached hydrogens (tertiary/aromatic N) is 1. The van der Waals surface area contributed by atoms with Crippen molar-refractivity contribution in [3.63, 3.8) is 0 Å². The van der Waals surface area contributed by atoms with Crippen molar-refractivity contribution in [1.29, 1.82) is 0 Å². The summed E-state index contributed by atoms with van der Waals surface area (Å²) in [6.45, 7) is 3.85. The molecule has 1 aliphatic heterocycles. The molecule has 0 saturated carbocycles. The molecule has 0 radical (unpaired) electrons. The van der Waals surface area contributed by atoms with Crippen LogP contribution in [0, 0.1) is 17.4 Å². The summed E-state index contributed by atoms with van der Waals surface area (Å²) in [5.41, 5.74) is 0.393. The van der Waals surface area contributed by atoms with Gasteiger partial charge in [-0.15, -0.1) is 0 Å². The Balaban J connectivity index is 2.04. The number of benzene rings is 2. The minimum absolute atomic E-state index is 0.0421. The highest BCUT2D eigenvalue weighted by Crippen LogP contribution is 2.49. The van der Waals surface area contributed by atoms with Gasteiger partial charge in [0.15, 0.2) is 0 Å². The maximum absolute atomic E-state index is 14.0. The van der Waals surface area contributed by atoms with E-state index in [1.165, 1.54) is 12.1 Å². The highest BCUT2D eigenvalue weighted by Gasteiger charge is 2.62. The molecule has 132 valence electrons. The number of aryl methyl sites for hydroxylation is 2. The van der Waals surface area contributed by atoms with E-state index in [4.69, 9.17) is 16.4 Å².